The Morgan fingerprint density at radius 3 is 1.42 bits per heavy atom. The zero-order chi connectivity index (χ0) is 32.2. The van der Waals surface area contributed by atoms with Gasteiger partial charge < -0.3 is 0 Å². The molecule has 0 heterocycles. The topological polar surface area (TPSA) is 0 Å². The Balaban J connectivity index is 1.39. The van der Waals surface area contributed by atoms with Gasteiger partial charge >= 0.3 is 0 Å². The third kappa shape index (κ3) is 4.30. The van der Waals surface area contributed by atoms with Gasteiger partial charge in [-0.05, 0) is 117 Å². The highest BCUT2D eigenvalue weighted by atomic mass is 14.2. The van der Waals surface area contributed by atoms with Crippen LogP contribution in [0.1, 0.15) is 25.0 Å². The summed E-state index contributed by atoms with van der Waals surface area (Å²) in [6.45, 7) is 4.60. The molecule has 9 aromatic rings. The van der Waals surface area contributed by atoms with E-state index in [0.717, 1.165) is 12.8 Å². The number of hydrogen-bond donors (Lipinski definition) is 0. The predicted molar refractivity (Wildman–Crippen MR) is 209 cm³/mol. The first-order valence-corrected chi connectivity index (χ1v) is 17.2. The van der Waals surface area contributed by atoms with Crippen LogP contribution < -0.4 is 0 Å². The minimum Gasteiger partial charge on any atom is -0.0622 e. The van der Waals surface area contributed by atoms with E-state index in [-0.39, 0.29) is 0 Å². The van der Waals surface area contributed by atoms with Gasteiger partial charge in [0, 0.05) is 0 Å². The summed E-state index contributed by atoms with van der Waals surface area (Å²) >= 11 is 0. The first-order valence-electron chi connectivity index (χ1n) is 17.2. The molecule has 0 saturated heterocycles. The first-order chi connectivity index (χ1) is 23.8. The van der Waals surface area contributed by atoms with Crippen LogP contribution in [0.4, 0.5) is 0 Å². The summed E-state index contributed by atoms with van der Waals surface area (Å²) in [4.78, 5) is 0. The molecule has 0 fully saturated rings. The van der Waals surface area contributed by atoms with Crippen LogP contribution in [0.2, 0.25) is 0 Å². The molecule has 0 aliphatic carbocycles. The van der Waals surface area contributed by atoms with Gasteiger partial charge in [0.25, 0.3) is 0 Å². The minimum absolute atomic E-state index is 0.996. The summed E-state index contributed by atoms with van der Waals surface area (Å²) in [5, 5.41) is 13.4. The normalized spacial score (nSPS) is 11.7. The highest BCUT2D eigenvalue weighted by Gasteiger charge is 2.19. The van der Waals surface area contributed by atoms with Gasteiger partial charge in [-0.1, -0.05) is 166 Å². The summed E-state index contributed by atoms with van der Waals surface area (Å²) in [7, 11) is 0. The molecule has 0 aliphatic heterocycles. The van der Waals surface area contributed by atoms with Crippen LogP contribution in [0, 0.1) is 0 Å². The molecule has 9 aromatic carbocycles. The van der Waals surface area contributed by atoms with Crippen molar-refractivity contribution in [3.8, 4) is 33.4 Å². The molecule has 228 valence electrons. The van der Waals surface area contributed by atoms with Gasteiger partial charge in [0.2, 0.25) is 0 Å². The second-order valence-electron chi connectivity index (χ2n) is 12.9. The number of rotatable bonds is 5. The van der Waals surface area contributed by atoms with E-state index < -0.39 is 0 Å². The number of hydrogen-bond acceptors (Lipinski definition) is 0. The molecule has 0 amide bonds. The van der Waals surface area contributed by atoms with E-state index in [0.29, 0.717) is 0 Å². The monoisotopic (exact) mass is 612 g/mol. The highest BCUT2D eigenvalue weighted by molar-refractivity contribution is 6.23. The fourth-order valence-electron chi connectivity index (χ4n) is 8.40. The SMILES string of the molecule is CCc1c2ccccc2c(CC)c2c1ccc1c(-c3ccc4c(-c5ccccc5)c5ccccc5c(-c5ccccc5)c4c3)cccc12. The van der Waals surface area contributed by atoms with Crippen LogP contribution in [-0.2, 0) is 12.8 Å². The Morgan fingerprint density at radius 2 is 0.792 bits per heavy atom. The summed E-state index contributed by atoms with van der Waals surface area (Å²) in [6.07, 6.45) is 2.01. The van der Waals surface area contributed by atoms with Gasteiger partial charge in [-0.2, -0.15) is 0 Å². The molecule has 0 atom stereocenters. The number of aryl methyl sites for hydroxylation is 2. The Labute approximate surface area is 281 Å². The zero-order valence-corrected chi connectivity index (χ0v) is 27.4. The Morgan fingerprint density at radius 1 is 0.312 bits per heavy atom. The molecular weight excluding hydrogens is 577 g/mol. The van der Waals surface area contributed by atoms with E-state index in [9.17, 15) is 0 Å². The zero-order valence-electron chi connectivity index (χ0n) is 27.4. The van der Waals surface area contributed by atoms with Crippen molar-refractivity contribution >= 4 is 53.9 Å². The molecular formula is C48H36. The third-order valence-electron chi connectivity index (χ3n) is 10.4. The van der Waals surface area contributed by atoms with Crippen molar-refractivity contribution in [3.63, 3.8) is 0 Å². The Kier molecular flexibility index (Phi) is 6.83. The summed E-state index contributed by atoms with van der Waals surface area (Å²) < 4.78 is 0. The van der Waals surface area contributed by atoms with Crippen molar-refractivity contribution in [3.05, 3.63) is 169 Å². The standard InChI is InChI=1S/C48H36/c1-3-34-37-20-11-12-21-38(37)35(4-2)48-40-25-15-24-36(39(40)28-29-43(34)48)33-26-27-44-45(30-33)47(32-18-9-6-10-19-32)42-23-14-13-22-41(42)46(44)31-16-7-5-8-17-31/h5-30H,3-4H2,1-2H3. The fourth-order valence-corrected chi connectivity index (χ4v) is 8.40. The lowest BCUT2D eigenvalue weighted by molar-refractivity contribution is 1.16. The van der Waals surface area contributed by atoms with Crippen LogP contribution in [0.3, 0.4) is 0 Å². The van der Waals surface area contributed by atoms with Crippen LogP contribution in [0.25, 0.3) is 87.2 Å². The lowest BCUT2D eigenvalue weighted by Gasteiger charge is -2.20. The molecule has 0 aromatic heterocycles. The smallest absolute Gasteiger partial charge is 0.00262 e. The average molecular weight is 613 g/mol. The van der Waals surface area contributed by atoms with Crippen LogP contribution in [0.15, 0.2) is 158 Å². The van der Waals surface area contributed by atoms with Gasteiger partial charge in [-0.25, -0.2) is 0 Å². The molecule has 0 heteroatoms. The van der Waals surface area contributed by atoms with E-state index in [1.165, 1.54) is 98.4 Å². The summed E-state index contributed by atoms with van der Waals surface area (Å²) in [5.41, 5.74) is 10.5. The van der Waals surface area contributed by atoms with E-state index in [4.69, 9.17) is 0 Å². The largest absolute Gasteiger partial charge is 0.0622 e. The lowest BCUT2D eigenvalue weighted by Crippen LogP contribution is -1.95. The average Bonchev–Trinajstić information content (AvgIpc) is 3.16. The maximum Gasteiger partial charge on any atom is -0.00262 e. The van der Waals surface area contributed by atoms with Crippen molar-refractivity contribution in [1.29, 1.82) is 0 Å². The fraction of sp³-hybridized carbons (Fsp3) is 0.0833. The van der Waals surface area contributed by atoms with Crippen LogP contribution >= 0.6 is 0 Å². The van der Waals surface area contributed by atoms with Crippen molar-refractivity contribution in [2.24, 2.45) is 0 Å². The Hall–Kier alpha value is -5.72. The van der Waals surface area contributed by atoms with E-state index in [1.54, 1.807) is 0 Å². The summed E-state index contributed by atoms with van der Waals surface area (Å²) in [6, 6.07) is 58.6. The van der Waals surface area contributed by atoms with Gasteiger partial charge in [0.05, 0.1) is 0 Å². The maximum atomic E-state index is 2.45. The second kappa shape index (κ2) is 11.5. The van der Waals surface area contributed by atoms with E-state index in [2.05, 4.69) is 172 Å². The minimum atomic E-state index is 0.996. The van der Waals surface area contributed by atoms with Crippen LogP contribution in [0.5, 0.6) is 0 Å². The molecule has 48 heavy (non-hydrogen) atoms. The van der Waals surface area contributed by atoms with Gasteiger partial charge in [-0.3, -0.25) is 0 Å². The molecule has 0 saturated carbocycles. The molecule has 0 radical (unpaired) electrons. The van der Waals surface area contributed by atoms with Crippen molar-refractivity contribution in [1.82, 2.24) is 0 Å². The van der Waals surface area contributed by atoms with Crippen molar-refractivity contribution in [2.45, 2.75) is 26.7 Å². The Bertz CT molecular complexity index is 2660. The van der Waals surface area contributed by atoms with Gasteiger partial charge in [0.1, 0.15) is 0 Å². The van der Waals surface area contributed by atoms with Gasteiger partial charge in [-0.15, -0.1) is 0 Å². The maximum absolute atomic E-state index is 2.45. The molecule has 0 N–H and O–H groups in total. The number of benzene rings is 9. The molecule has 0 bridgehead atoms. The molecule has 0 aliphatic rings. The van der Waals surface area contributed by atoms with Crippen LogP contribution in [-0.4, -0.2) is 0 Å². The predicted octanol–water partition coefficient (Wildman–Crippen LogP) is 13.6. The molecule has 0 nitrogen and oxygen atoms in total. The first kappa shape index (κ1) is 28.5. The number of fused-ring (bicyclic) bond motifs is 6. The van der Waals surface area contributed by atoms with Crippen molar-refractivity contribution < 1.29 is 0 Å². The second-order valence-corrected chi connectivity index (χ2v) is 12.9. The van der Waals surface area contributed by atoms with Gasteiger partial charge in [0.15, 0.2) is 0 Å². The molecule has 0 unspecified atom stereocenters. The highest BCUT2D eigenvalue weighted by Crippen LogP contribution is 2.46. The molecule has 9 rings (SSSR count). The third-order valence-corrected chi connectivity index (χ3v) is 10.4. The summed E-state index contributed by atoms with van der Waals surface area (Å²) in [5.74, 6) is 0. The molecule has 0 spiro atoms. The van der Waals surface area contributed by atoms with Crippen molar-refractivity contribution in [2.75, 3.05) is 0 Å². The van der Waals surface area contributed by atoms with E-state index in [1.807, 2.05) is 0 Å². The lowest BCUT2D eigenvalue weighted by atomic mass is 9.83. The van der Waals surface area contributed by atoms with E-state index >= 15 is 0 Å². The quantitative estimate of drug-likeness (QED) is 0.134.